The van der Waals surface area contributed by atoms with Crippen molar-refractivity contribution in [2.24, 2.45) is 9.98 Å². The average molecular weight is 1270 g/mol. The maximum absolute atomic E-state index is 15.6. The normalized spacial score (nSPS) is 12.5. The Labute approximate surface area is 531 Å². The molecule has 18 nitrogen and oxygen atoms in total. The van der Waals surface area contributed by atoms with Gasteiger partial charge in [0.25, 0.3) is 0 Å². The van der Waals surface area contributed by atoms with E-state index < -0.39 is 46.5 Å². The summed E-state index contributed by atoms with van der Waals surface area (Å²) in [7, 11) is 0. The van der Waals surface area contributed by atoms with E-state index >= 15 is 19.2 Å². The van der Waals surface area contributed by atoms with Crippen LogP contribution < -0.4 is 18.9 Å². The van der Waals surface area contributed by atoms with E-state index in [0.717, 1.165) is 45.3 Å². The Hall–Kier alpha value is -10.7. The minimum Gasteiger partial charge on any atom is -0.492 e. The molecule has 0 saturated carbocycles. The molecule has 9 aromatic rings. The second-order valence-corrected chi connectivity index (χ2v) is 24.2. The van der Waals surface area contributed by atoms with Crippen LogP contribution in [-0.4, -0.2) is 48.5 Å². The Morgan fingerprint density at radius 2 is 0.744 bits per heavy atom. The molecule has 446 valence electrons. The third-order valence-corrected chi connectivity index (χ3v) is 18.6. The van der Waals surface area contributed by atoms with E-state index in [9.17, 15) is 21.0 Å². The number of nitrogens with zero attached hydrogens (tertiary/aromatic N) is 6. The Kier molecular flexibility index (Phi) is 18.4. The molecule has 0 atom stereocenters. The summed E-state index contributed by atoms with van der Waals surface area (Å²) in [4.78, 5) is 73.1. The molecule has 0 amide bonds. The predicted octanol–water partition coefficient (Wildman–Crippen LogP) is 14.6. The van der Waals surface area contributed by atoms with Crippen molar-refractivity contribution in [1.82, 2.24) is 0 Å². The van der Waals surface area contributed by atoms with Crippen LogP contribution in [0.5, 0.6) is 23.0 Å². The largest absolute Gasteiger partial charge is 0.492 e. The van der Waals surface area contributed by atoms with Gasteiger partial charge in [-0.25, -0.2) is 29.2 Å². The lowest BCUT2D eigenvalue weighted by atomic mass is 9.85. The minimum absolute atomic E-state index is 0.0156. The Bertz CT molecular complexity index is 4020. The number of hydrogen-bond acceptors (Lipinski definition) is 22. The maximum atomic E-state index is 15.6. The Morgan fingerprint density at radius 3 is 1.03 bits per heavy atom. The molecule has 22 heteroatoms. The van der Waals surface area contributed by atoms with Gasteiger partial charge >= 0.3 is 35.1 Å². The van der Waals surface area contributed by atoms with E-state index in [4.69, 9.17) is 37.9 Å². The monoisotopic (exact) mass is 1270 g/mol. The number of aliphatic imine (C=N–C) groups is 2. The van der Waals surface area contributed by atoms with Crippen LogP contribution in [0.2, 0.25) is 0 Å². The van der Waals surface area contributed by atoms with Gasteiger partial charge in [-0.1, -0.05) is 135 Å². The molecule has 0 bridgehead atoms. The SMILES string of the molecule is CCCOc1cc(N=C(C#N)C#N)sc1-c1cc2c(s1)-c1cc3c(cc1OC2(C(=O)OCc1ccccc1)C(=O)OCc1ccccc1)-c1sc(-c2sc(N=C(C#N)C#N)cc2OCCC)cc1C(C(=O)OCc1ccccc1)(C(=O)OCc1ccccc1)O3. The molecule has 0 radical (unpaired) electrons. The zero-order chi connectivity index (χ0) is 62.8. The van der Waals surface area contributed by atoms with Crippen molar-refractivity contribution in [2.75, 3.05) is 13.2 Å². The van der Waals surface area contributed by atoms with Gasteiger partial charge in [-0.2, -0.15) is 21.0 Å². The van der Waals surface area contributed by atoms with Gasteiger partial charge in [-0.15, -0.1) is 45.3 Å². The highest BCUT2D eigenvalue weighted by molar-refractivity contribution is 7.26. The van der Waals surface area contributed by atoms with Crippen LogP contribution in [0.4, 0.5) is 10.0 Å². The molecule has 2 aliphatic heterocycles. The number of hydrogen-bond donors (Lipinski definition) is 0. The minimum atomic E-state index is -2.71. The van der Waals surface area contributed by atoms with Crippen LogP contribution in [0.15, 0.2) is 168 Å². The second-order valence-electron chi connectivity index (χ2n) is 20.0. The van der Waals surface area contributed by atoms with Crippen molar-refractivity contribution in [1.29, 1.82) is 21.0 Å². The molecule has 11 rings (SSSR count). The molecule has 2 aliphatic rings. The molecule has 0 fully saturated rings. The van der Waals surface area contributed by atoms with Gasteiger partial charge < -0.3 is 37.9 Å². The fourth-order valence-electron chi connectivity index (χ4n) is 9.71. The van der Waals surface area contributed by atoms with Crippen LogP contribution in [0.25, 0.3) is 40.4 Å². The number of benzene rings is 5. The van der Waals surface area contributed by atoms with Gasteiger partial charge in [-0.05, 0) is 59.4 Å². The van der Waals surface area contributed by atoms with Gasteiger partial charge in [0.05, 0.1) is 23.0 Å². The van der Waals surface area contributed by atoms with Crippen LogP contribution in [0.1, 0.15) is 60.1 Å². The lowest BCUT2D eigenvalue weighted by Gasteiger charge is -2.37. The lowest BCUT2D eigenvalue weighted by molar-refractivity contribution is -0.185. The van der Waals surface area contributed by atoms with E-state index in [-0.39, 0.29) is 93.2 Å². The number of ether oxygens (including phenoxy) is 8. The smallest absolute Gasteiger partial charge is 0.367 e. The molecular weight excluding hydrogens is 1220 g/mol. The quantitative estimate of drug-likeness (QED) is 0.0264. The van der Waals surface area contributed by atoms with Crippen molar-refractivity contribution in [3.05, 3.63) is 191 Å². The van der Waals surface area contributed by atoms with E-state index in [1.54, 1.807) is 182 Å². The first-order valence-corrected chi connectivity index (χ1v) is 31.2. The van der Waals surface area contributed by atoms with Gasteiger partial charge in [0, 0.05) is 53.9 Å². The molecule has 0 saturated heterocycles. The molecule has 0 spiro atoms. The lowest BCUT2D eigenvalue weighted by Crippen LogP contribution is -2.52. The molecule has 90 heavy (non-hydrogen) atoms. The molecule has 6 heterocycles. The predicted molar refractivity (Wildman–Crippen MR) is 337 cm³/mol. The number of thiophene rings is 4. The first kappa shape index (κ1) is 60.9. The zero-order valence-electron chi connectivity index (χ0n) is 47.9. The van der Waals surface area contributed by atoms with Crippen LogP contribution in [0.3, 0.4) is 0 Å². The summed E-state index contributed by atoms with van der Waals surface area (Å²) in [5.41, 5.74) is -3.39. The summed E-state index contributed by atoms with van der Waals surface area (Å²) in [5.74, 6) is -3.98. The number of nitriles is 4. The van der Waals surface area contributed by atoms with Crippen LogP contribution in [-0.2, 0) is 75.8 Å². The molecule has 0 aliphatic carbocycles. The zero-order valence-corrected chi connectivity index (χ0v) is 51.1. The number of carbonyl (C=O) groups is 4. The molecule has 0 unspecified atom stereocenters. The maximum Gasteiger partial charge on any atom is 0.367 e. The molecule has 4 aromatic heterocycles. The number of esters is 4. The fraction of sp³-hybridized carbons (Fsp3) is 0.176. The summed E-state index contributed by atoms with van der Waals surface area (Å²) < 4.78 is 51.1. The van der Waals surface area contributed by atoms with Gasteiger partial charge in [0.1, 0.15) is 83.7 Å². The Morgan fingerprint density at radius 1 is 0.433 bits per heavy atom. The van der Waals surface area contributed by atoms with Gasteiger partial charge in [0.15, 0.2) is 0 Å². The molecular formula is C68H48N6O12S4. The van der Waals surface area contributed by atoms with Crippen molar-refractivity contribution in [3.8, 4) is 87.7 Å². The summed E-state index contributed by atoms with van der Waals surface area (Å²) in [6.07, 6.45) is 1.20. The topological polar surface area (TPSA) is 262 Å². The summed E-state index contributed by atoms with van der Waals surface area (Å²) in [5, 5.41) is 39.4. The highest BCUT2D eigenvalue weighted by atomic mass is 32.1. The number of fused-ring (bicyclic) bond motifs is 6. The number of rotatable bonds is 22. The second kappa shape index (κ2) is 27.1. The van der Waals surface area contributed by atoms with Crippen molar-refractivity contribution in [3.63, 3.8) is 0 Å². The summed E-state index contributed by atoms with van der Waals surface area (Å²) >= 11 is 4.43. The standard InChI is InChI=1S/C68H48N6O12S4/c1-3-25-79-53-31-57(73-45(33-69)34-70)89-61(53)55-29-49-59(87-55)47-27-52-48(28-51(47)85-67(49,63(75)81-37-41-17-9-5-10-18-41)64(76)82-38-42-19-11-6-12-20-42)60-50(30-56(88-60)62-54(80-26-4-2)32-58(90-62)74-46(35-71)36-72)68(86-52,65(77)83-39-43-21-13-7-14-22-43)66(78)84-40-44-23-15-8-16-24-44/h5-24,27-32H,3-4,25-26,37-40H2,1-2H3. The van der Waals surface area contributed by atoms with E-state index in [1.807, 2.05) is 13.8 Å². The summed E-state index contributed by atoms with van der Waals surface area (Å²) in [6, 6.07) is 52.1. The third kappa shape index (κ3) is 12.3. The first-order valence-electron chi connectivity index (χ1n) is 27.9. The highest BCUT2D eigenvalue weighted by Crippen LogP contribution is 2.61. The van der Waals surface area contributed by atoms with Crippen molar-refractivity contribution >= 4 is 90.6 Å². The van der Waals surface area contributed by atoms with Crippen LogP contribution in [0, 0.1) is 45.3 Å². The summed E-state index contributed by atoms with van der Waals surface area (Å²) in [6.45, 7) is 3.22. The molecule has 5 aromatic carbocycles. The Balaban J connectivity index is 1.16. The first-order chi connectivity index (χ1) is 43.9. The van der Waals surface area contributed by atoms with Crippen molar-refractivity contribution < 1.29 is 57.1 Å². The number of carbonyl (C=O) groups excluding carboxylic acids is 4. The van der Waals surface area contributed by atoms with Gasteiger partial charge in [0.2, 0.25) is 11.4 Å². The molecule has 0 N–H and O–H groups in total. The van der Waals surface area contributed by atoms with Gasteiger partial charge in [-0.3, -0.25) is 0 Å². The van der Waals surface area contributed by atoms with E-state index in [0.29, 0.717) is 66.1 Å². The van der Waals surface area contributed by atoms with E-state index in [1.165, 1.54) is 0 Å². The van der Waals surface area contributed by atoms with E-state index in [2.05, 4.69) is 9.98 Å². The van der Waals surface area contributed by atoms with Crippen LogP contribution >= 0.6 is 45.3 Å². The highest BCUT2D eigenvalue weighted by Gasteiger charge is 2.61. The third-order valence-electron chi connectivity index (χ3n) is 13.9. The average Bonchev–Trinajstić information content (AvgIpc) is 1.33. The van der Waals surface area contributed by atoms with Crippen molar-refractivity contribution in [2.45, 2.75) is 64.3 Å². The fourth-order valence-corrected chi connectivity index (χ4v) is 14.3.